The molecule has 1 fully saturated rings. The Morgan fingerprint density at radius 1 is 1.58 bits per heavy atom. The van der Waals surface area contributed by atoms with E-state index in [2.05, 4.69) is 5.92 Å². The Hall–Kier alpha value is -2.39. The molecule has 98 valence electrons. The number of carbonyl (C=O) groups excluding carboxylic acids is 1. The topological polar surface area (TPSA) is 83.7 Å². The van der Waals surface area contributed by atoms with Crippen LogP contribution >= 0.6 is 0 Å². The number of rotatable bonds is 3. The number of carbonyl (C=O) groups is 1. The Morgan fingerprint density at radius 2 is 2.32 bits per heavy atom. The fourth-order valence-electron chi connectivity index (χ4n) is 2.13. The zero-order valence-corrected chi connectivity index (χ0v) is 10.1. The second kappa shape index (κ2) is 5.08. The Morgan fingerprint density at radius 3 is 2.84 bits per heavy atom. The van der Waals surface area contributed by atoms with Crippen molar-refractivity contribution < 1.29 is 14.8 Å². The van der Waals surface area contributed by atoms with Gasteiger partial charge in [-0.2, -0.15) is 0 Å². The lowest BCUT2D eigenvalue weighted by Gasteiger charge is -2.18. The third-order valence-corrected chi connectivity index (χ3v) is 3.10. The van der Waals surface area contributed by atoms with Crippen LogP contribution in [0.4, 0.5) is 11.4 Å². The maximum absolute atomic E-state index is 11.8. The van der Waals surface area contributed by atoms with Crippen molar-refractivity contribution in [3.63, 3.8) is 0 Å². The van der Waals surface area contributed by atoms with Crippen molar-refractivity contribution in [1.29, 1.82) is 0 Å². The Kier molecular flexibility index (Phi) is 3.49. The summed E-state index contributed by atoms with van der Waals surface area (Å²) in [6, 6.07) is 4.05. The fraction of sp³-hybridized carbons (Fsp3) is 0.308. The third-order valence-electron chi connectivity index (χ3n) is 3.10. The maximum atomic E-state index is 11.8. The van der Waals surface area contributed by atoms with Crippen LogP contribution in [0.15, 0.2) is 18.2 Å². The normalized spacial score (nSPS) is 18.4. The zero-order chi connectivity index (χ0) is 14.0. The number of non-ortho nitro benzene ring substituents is 1. The van der Waals surface area contributed by atoms with Crippen LogP contribution in [0.3, 0.4) is 0 Å². The van der Waals surface area contributed by atoms with Gasteiger partial charge in [0.15, 0.2) is 0 Å². The SMILES string of the molecule is C#CC1CC(=O)N(c2ccc([N+](=O)[O-])cc2CO)C1. The lowest BCUT2D eigenvalue weighted by atomic mass is 10.1. The predicted octanol–water partition coefficient (Wildman–Crippen LogP) is 1.07. The minimum absolute atomic E-state index is 0.118. The van der Waals surface area contributed by atoms with Gasteiger partial charge in [0.25, 0.3) is 5.69 Å². The molecule has 1 aromatic rings. The summed E-state index contributed by atoms with van der Waals surface area (Å²) in [6.45, 7) is 0.00164. The van der Waals surface area contributed by atoms with Gasteiger partial charge in [-0.25, -0.2) is 0 Å². The Labute approximate surface area is 109 Å². The molecule has 1 aromatic carbocycles. The van der Waals surface area contributed by atoms with E-state index in [1.54, 1.807) is 0 Å². The first-order valence-electron chi connectivity index (χ1n) is 5.71. The lowest BCUT2D eigenvalue weighted by Crippen LogP contribution is -2.25. The van der Waals surface area contributed by atoms with Gasteiger partial charge in [0.2, 0.25) is 5.91 Å². The molecular formula is C13H12N2O4. The highest BCUT2D eigenvalue weighted by Gasteiger charge is 2.31. The molecular weight excluding hydrogens is 248 g/mol. The van der Waals surface area contributed by atoms with Crippen LogP contribution in [-0.2, 0) is 11.4 Å². The summed E-state index contributed by atoms with van der Waals surface area (Å²) < 4.78 is 0. The van der Waals surface area contributed by atoms with Gasteiger partial charge >= 0.3 is 0 Å². The van der Waals surface area contributed by atoms with Crippen LogP contribution in [0.1, 0.15) is 12.0 Å². The van der Waals surface area contributed by atoms with Crippen molar-refractivity contribution in [2.75, 3.05) is 11.4 Å². The fourth-order valence-corrected chi connectivity index (χ4v) is 2.13. The number of amides is 1. The lowest BCUT2D eigenvalue weighted by molar-refractivity contribution is -0.384. The number of aliphatic hydroxyl groups excluding tert-OH is 1. The van der Waals surface area contributed by atoms with Crippen molar-refractivity contribution in [3.8, 4) is 12.3 Å². The average Bonchev–Trinajstić information content (AvgIpc) is 2.79. The molecule has 0 aromatic heterocycles. The van der Waals surface area contributed by atoms with E-state index in [9.17, 15) is 20.0 Å². The van der Waals surface area contributed by atoms with Crippen LogP contribution in [0.2, 0.25) is 0 Å². The molecule has 1 atom stereocenters. The summed E-state index contributed by atoms with van der Waals surface area (Å²) in [5.74, 6) is 2.24. The second-order valence-corrected chi connectivity index (χ2v) is 4.30. The molecule has 0 bridgehead atoms. The van der Waals surface area contributed by atoms with Gasteiger partial charge in [0.05, 0.1) is 11.5 Å². The first kappa shape index (κ1) is 13.1. The van der Waals surface area contributed by atoms with Crippen molar-refractivity contribution in [2.24, 2.45) is 5.92 Å². The van der Waals surface area contributed by atoms with Crippen LogP contribution < -0.4 is 4.90 Å². The Bertz CT molecular complexity index is 576. The summed E-state index contributed by atoms with van der Waals surface area (Å²) in [6.07, 6.45) is 5.57. The van der Waals surface area contributed by atoms with Crippen molar-refractivity contribution in [1.82, 2.24) is 0 Å². The largest absolute Gasteiger partial charge is 0.392 e. The zero-order valence-electron chi connectivity index (χ0n) is 10.1. The number of nitro benzene ring substituents is 1. The predicted molar refractivity (Wildman–Crippen MR) is 68.3 cm³/mol. The molecule has 1 unspecified atom stereocenters. The maximum Gasteiger partial charge on any atom is 0.269 e. The summed E-state index contributed by atoms with van der Waals surface area (Å²) in [4.78, 5) is 23.5. The number of benzene rings is 1. The molecule has 6 heteroatoms. The highest BCUT2D eigenvalue weighted by atomic mass is 16.6. The van der Waals surface area contributed by atoms with E-state index in [1.807, 2.05) is 0 Å². The number of terminal acetylenes is 1. The number of nitro groups is 1. The second-order valence-electron chi connectivity index (χ2n) is 4.30. The molecule has 0 radical (unpaired) electrons. The van der Waals surface area contributed by atoms with E-state index in [0.29, 0.717) is 17.8 Å². The number of nitrogens with zero attached hydrogens (tertiary/aromatic N) is 2. The van der Waals surface area contributed by atoms with E-state index in [1.165, 1.54) is 23.1 Å². The minimum atomic E-state index is -0.543. The van der Waals surface area contributed by atoms with E-state index in [4.69, 9.17) is 6.42 Å². The molecule has 1 heterocycles. The van der Waals surface area contributed by atoms with Crippen LogP contribution in [0.25, 0.3) is 0 Å². The standard InChI is InChI=1S/C13H12N2O4/c1-2-9-5-13(17)14(7-9)12-4-3-11(15(18)19)6-10(12)8-16/h1,3-4,6,9,16H,5,7-8H2. The van der Waals surface area contributed by atoms with Crippen LogP contribution in [0.5, 0.6) is 0 Å². The van der Waals surface area contributed by atoms with Crippen molar-refractivity contribution in [3.05, 3.63) is 33.9 Å². The van der Waals surface area contributed by atoms with E-state index in [-0.39, 0.29) is 30.5 Å². The van der Waals surface area contributed by atoms with Gasteiger partial charge in [0, 0.05) is 42.3 Å². The Balaban J connectivity index is 2.38. The van der Waals surface area contributed by atoms with Crippen LogP contribution in [0, 0.1) is 28.4 Å². The molecule has 1 aliphatic heterocycles. The molecule has 2 rings (SSSR count). The van der Waals surface area contributed by atoms with Crippen LogP contribution in [-0.4, -0.2) is 22.5 Å². The smallest absolute Gasteiger partial charge is 0.269 e. The summed E-state index contributed by atoms with van der Waals surface area (Å²) in [5, 5.41) is 20.0. The first-order valence-corrected chi connectivity index (χ1v) is 5.71. The molecule has 0 saturated carbocycles. The number of aliphatic hydroxyl groups is 1. The molecule has 1 N–H and O–H groups in total. The van der Waals surface area contributed by atoms with Crippen molar-refractivity contribution in [2.45, 2.75) is 13.0 Å². The summed E-state index contributed by atoms with van der Waals surface area (Å²) in [7, 11) is 0. The molecule has 0 aliphatic carbocycles. The van der Waals surface area contributed by atoms with E-state index in [0.717, 1.165) is 0 Å². The van der Waals surface area contributed by atoms with Crippen molar-refractivity contribution >= 4 is 17.3 Å². The molecule has 1 aliphatic rings. The summed E-state index contributed by atoms with van der Waals surface area (Å²) in [5.41, 5.74) is 0.712. The van der Waals surface area contributed by atoms with Gasteiger partial charge in [0.1, 0.15) is 0 Å². The molecule has 6 nitrogen and oxygen atoms in total. The molecule has 19 heavy (non-hydrogen) atoms. The molecule has 0 spiro atoms. The van der Waals surface area contributed by atoms with E-state index < -0.39 is 4.92 Å². The number of hydrogen-bond donors (Lipinski definition) is 1. The molecule has 1 saturated heterocycles. The highest BCUT2D eigenvalue weighted by Crippen LogP contribution is 2.30. The molecule has 1 amide bonds. The summed E-state index contributed by atoms with van der Waals surface area (Å²) >= 11 is 0. The highest BCUT2D eigenvalue weighted by molar-refractivity contribution is 5.97. The van der Waals surface area contributed by atoms with Gasteiger partial charge in [-0.15, -0.1) is 12.3 Å². The first-order chi connectivity index (χ1) is 9.06. The average molecular weight is 260 g/mol. The van der Waals surface area contributed by atoms with Gasteiger partial charge < -0.3 is 10.0 Å². The number of anilines is 1. The van der Waals surface area contributed by atoms with Gasteiger partial charge in [-0.05, 0) is 6.07 Å². The van der Waals surface area contributed by atoms with E-state index >= 15 is 0 Å². The van der Waals surface area contributed by atoms with Gasteiger partial charge in [-0.1, -0.05) is 0 Å². The quantitative estimate of drug-likeness (QED) is 0.500. The minimum Gasteiger partial charge on any atom is -0.392 e. The van der Waals surface area contributed by atoms with Gasteiger partial charge in [-0.3, -0.25) is 14.9 Å². The third kappa shape index (κ3) is 2.41. The number of hydrogen-bond acceptors (Lipinski definition) is 4. The monoisotopic (exact) mass is 260 g/mol.